The van der Waals surface area contributed by atoms with Crippen LogP contribution >= 0.6 is 15.9 Å². The minimum absolute atomic E-state index is 0.0176. The number of anilines is 2. The Morgan fingerprint density at radius 3 is 2.53 bits per heavy atom. The van der Waals surface area contributed by atoms with Crippen molar-refractivity contribution in [3.8, 4) is 17.1 Å². The summed E-state index contributed by atoms with van der Waals surface area (Å²) in [6, 6.07) is 4.89. The van der Waals surface area contributed by atoms with Crippen molar-refractivity contribution in [3.05, 3.63) is 47.0 Å². The van der Waals surface area contributed by atoms with Crippen LogP contribution in [0.15, 0.2) is 41.4 Å². The Hall–Kier alpha value is -2.71. The van der Waals surface area contributed by atoms with Crippen LogP contribution < -0.4 is 11.1 Å². The van der Waals surface area contributed by atoms with E-state index in [4.69, 9.17) is 5.73 Å². The highest BCUT2D eigenvalue weighted by atomic mass is 79.9. The molecule has 1 fully saturated rings. The molecule has 34 heavy (non-hydrogen) atoms. The summed E-state index contributed by atoms with van der Waals surface area (Å²) < 4.78 is 68.0. The van der Waals surface area contributed by atoms with E-state index in [0.29, 0.717) is 41.8 Å². The number of alkyl halides is 3. The Labute approximate surface area is 202 Å². The second-order valence-electron chi connectivity index (χ2n) is 7.91. The number of nitrogen functional groups attached to an aromatic ring is 1. The molecule has 2 aromatic heterocycles. The van der Waals surface area contributed by atoms with E-state index in [9.17, 15) is 21.6 Å². The third-order valence-corrected chi connectivity index (χ3v) is 7.36. The van der Waals surface area contributed by atoms with E-state index in [1.54, 1.807) is 22.8 Å². The van der Waals surface area contributed by atoms with E-state index in [-0.39, 0.29) is 23.4 Å². The molecule has 9 nitrogen and oxygen atoms in total. The lowest BCUT2D eigenvalue weighted by molar-refractivity contribution is -0.137. The topological polar surface area (TPSA) is 119 Å². The van der Waals surface area contributed by atoms with Crippen molar-refractivity contribution in [1.29, 1.82) is 0 Å². The fraction of sp³-hybridized carbons (Fsp3) is 0.350. The Balaban J connectivity index is 1.62. The number of imidazole rings is 1. The highest BCUT2D eigenvalue weighted by Gasteiger charge is 2.36. The van der Waals surface area contributed by atoms with Crippen molar-refractivity contribution in [3.63, 3.8) is 0 Å². The van der Waals surface area contributed by atoms with Crippen molar-refractivity contribution in [2.24, 2.45) is 0 Å². The maximum Gasteiger partial charge on any atom is 0.420 e. The predicted octanol–water partition coefficient (Wildman–Crippen LogP) is 3.53. The summed E-state index contributed by atoms with van der Waals surface area (Å²) in [4.78, 5) is 12.1. The number of sulfonamides is 1. The van der Waals surface area contributed by atoms with Crippen LogP contribution in [0.4, 0.5) is 24.8 Å². The number of piperidine rings is 1. The highest BCUT2D eigenvalue weighted by Crippen LogP contribution is 2.36. The zero-order valence-corrected chi connectivity index (χ0v) is 20.3. The van der Waals surface area contributed by atoms with E-state index in [0.717, 1.165) is 12.5 Å². The van der Waals surface area contributed by atoms with Gasteiger partial charge in [-0.15, -0.1) is 0 Å². The maximum absolute atomic E-state index is 13.7. The van der Waals surface area contributed by atoms with Gasteiger partial charge in [0.2, 0.25) is 16.0 Å². The Bertz CT molecular complexity index is 1310. The number of benzene rings is 1. The molecule has 1 aliphatic rings. The van der Waals surface area contributed by atoms with Crippen LogP contribution in [-0.2, 0) is 16.2 Å². The molecule has 182 valence electrons. The van der Waals surface area contributed by atoms with E-state index < -0.39 is 21.8 Å². The average molecular weight is 560 g/mol. The molecule has 14 heteroatoms. The van der Waals surface area contributed by atoms with Gasteiger partial charge in [-0.1, -0.05) is 0 Å². The van der Waals surface area contributed by atoms with Crippen LogP contribution in [0.5, 0.6) is 0 Å². The van der Waals surface area contributed by atoms with Crippen molar-refractivity contribution in [1.82, 2.24) is 23.8 Å². The first-order valence-electron chi connectivity index (χ1n) is 10.2. The minimum atomic E-state index is -4.68. The third-order valence-electron chi connectivity index (χ3n) is 5.43. The van der Waals surface area contributed by atoms with Crippen LogP contribution in [0, 0.1) is 0 Å². The number of aromatic nitrogens is 4. The smallest absolute Gasteiger partial charge is 0.399 e. The van der Waals surface area contributed by atoms with Gasteiger partial charge < -0.3 is 15.6 Å². The minimum Gasteiger partial charge on any atom is -0.399 e. The molecule has 0 aliphatic carbocycles. The molecule has 0 amide bonds. The zero-order valence-electron chi connectivity index (χ0n) is 17.9. The lowest BCUT2D eigenvalue weighted by Gasteiger charge is -2.30. The first-order valence-corrected chi connectivity index (χ1v) is 12.8. The van der Waals surface area contributed by atoms with Gasteiger partial charge in [-0.05, 0) is 47.0 Å². The lowest BCUT2D eigenvalue weighted by atomic mass is 10.1. The molecule has 1 saturated heterocycles. The molecule has 3 aromatic rings. The molecule has 0 saturated carbocycles. The first kappa shape index (κ1) is 24.4. The van der Waals surface area contributed by atoms with Gasteiger partial charge in [0.05, 0.1) is 11.9 Å². The number of rotatable bonds is 5. The Kier molecular flexibility index (Phi) is 6.57. The third kappa shape index (κ3) is 5.33. The quantitative estimate of drug-likeness (QED) is 0.459. The van der Waals surface area contributed by atoms with Crippen molar-refractivity contribution < 1.29 is 21.6 Å². The van der Waals surface area contributed by atoms with Gasteiger partial charge >= 0.3 is 6.18 Å². The standard InChI is InChI=1S/C20H21BrF3N7O2S/c1-34(32,33)31-6-4-13(5-7-31)28-19-26-9-14(20(22,23)24)18(29-19)16-10-30(11-27-16)17-3-2-12(25)8-15(17)21/h2-3,8-11,13H,4-7,25H2,1H3,(H,26,28,29). The summed E-state index contributed by atoms with van der Waals surface area (Å²) in [6.45, 7) is 0.621. The number of hydrogen-bond donors (Lipinski definition) is 2. The van der Waals surface area contributed by atoms with Crippen LogP contribution in [0.1, 0.15) is 18.4 Å². The summed E-state index contributed by atoms with van der Waals surface area (Å²) >= 11 is 3.39. The zero-order chi connectivity index (χ0) is 24.7. The van der Waals surface area contributed by atoms with Crippen LogP contribution in [-0.4, -0.2) is 57.6 Å². The lowest BCUT2D eigenvalue weighted by Crippen LogP contribution is -2.42. The maximum atomic E-state index is 13.7. The second kappa shape index (κ2) is 9.15. The number of nitrogens with zero attached hydrogens (tertiary/aromatic N) is 5. The summed E-state index contributed by atoms with van der Waals surface area (Å²) in [5, 5.41) is 3.03. The van der Waals surface area contributed by atoms with Gasteiger partial charge in [-0.3, -0.25) is 0 Å². The average Bonchev–Trinajstić information content (AvgIpc) is 3.22. The summed E-state index contributed by atoms with van der Waals surface area (Å²) in [5.41, 5.74) is 5.59. The van der Waals surface area contributed by atoms with E-state index in [1.165, 1.54) is 16.8 Å². The largest absolute Gasteiger partial charge is 0.420 e. The van der Waals surface area contributed by atoms with Crippen molar-refractivity contribution in [2.75, 3.05) is 30.4 Å². The van der Waals surface area contributed by atoms with Gasteiger partial charge in [-0.2, -0.15) is 13.2 Å². The molecule has 0 bridgehead atoms. The van der Waals surface area contributed by atoms with Gasteiger partial charge in [0.25, 0.3) is 0 Å². The molecule has 0 spiro atoms. The Morgan fingerprint density at radius 1 is 1.21 bits per heavy atom. The molecule has 3 heterocycles. The summed E-state index contributed by atoms with van der Waals surface area (Å²) in [5.74, 6) is 0.0176. The highest BCUT2D eigenvalue weighted by molar-refractivity contribution is 9.10. The van der Waals surface area contributed by atoms with Crippen molar-refractivity contribution >= 4 is 37.6 Å². The second-order valence-corrected chi connectivity index (χ2v) is 10.7. The number of halogens is 4. The van der Waals surface area contributed by atoms with Gasteiger partial charge in [0, 0.05) is 41.7 Å². The number of nitrogens with two attached hydrogens (primary N) is 1. The van der Waals surface area contributed by atoms with Gasteiger partial charge in [0.1, 0.15) is 23.3 Å². The monoisotopic (exact) mass is 559 g/mol. The summed E-state index contributed by atoms with van der Waals surface area (Å²) in [6.07, 6.45) is 0.992. The van der Waals surface area contributed by atoms with Crippen LogP contribution in [0.25, 0.3) is 17.1 Å². The number of nitrogens with one attached hydrogen (secondary N) is 1. The molecule has 1 aromatic carbocycles. The van der Waals surface area contributed by atoms with E-state index in [2.05, 4.69) is 36.2 Å². The normalized spacial score (nSPS) is 16.0. The molecular weight excluding hydrogens is 539 g/mol. The predicted molar refractivity (Wildman–Crippen MR) is 125 cm³/mol. The van der Waals surface area contributed by atoms with Crippen LogP contribution in [0.3, 0.4) is 0 Å². The fourth-order valence-electron chi connectivity index (χ4n) is 3.68. The summed E-state index contributed by atoms with van der Waals surface area (Å²) in [7, 11) is -3.28. The molecule has 0 unspecified atom stereocenters. The van der Waals surface area contributed by atoms with Crippen LogP contribution in [0.2, 0.25) is 0 Å². The SMILES string of the molecule is CS(=O)(=O)N1CCC(Nc2ncc(C(F)(F)F)c(-c3cn(-c4ccc(N)cc4Br)cn3)n2)CC1. The molecule has 0 atom stereocenters. The van der Waals surface area contributed by atoms with E-state index >= 15 is 0 Å². The molecular formula is C20H21BrF3N7O2S. The molecule has 3 N–H and O–H groups in total. The number of hydrogen-bond acceptors (Lipinski definition) is 7. The first-order chi connectivity index (χ1) is 15.9. The van der Waals surface area contributed by atoms with Gasteiger partial charge in [0.15, 0.2) is 0 Å². The molecule has 0 radical (unpaired) electrons. The van der Waals surface area contributed by atoms with E-state index in [1.807, 2.05) is 0 Å². The molecule has 1 aliphatic heterocycles. The van der Waals surface area contributed by atoms with Crippen molar-refractivity contribution in [2.45, 2.75) is 25.1 Å². The van der Waals surface area contributed by atoms with Gasteiger partial charge in [-0.25, -0.2) is 27.7 Å². The fourth-order valence-corrected chi connectivity index (χ4v) is 5.15. The molecule has 4 rings (SSSR count). The Morgan fingerprint density at radius 2 is 1.91 bits per heavy atom.